The molecule has 1 aromatic rings. The average Bonchev–Trinajstić information content (AvgIpc) is 2.86. The molecule has 0 radical (unpaired) electrons. The molecule has 0 aromatic carbocycles. The van der Waals surface area contributed by atoms with E-state index in [0.29, 0.717) is 6.04 Å². The molecule has 1 unspecified atom stereocenters. The second-order valence-corrected chi connectivity index (χ2v) is 4.57. The van der Waals surface area contributed by atoms with Crippen LogP contribution in [0.25, 0.3) is 0 Å². The topological polar surface area (TPSA) is 37.8 Å². The molecule has 1 N–H and O–H groups in total. The quantitative estimate of drug-likeness (QED) is 0.785. The first kappa shape index (κ1) is 10.1. The summed E-state index contributed by atoms with van der Waals surface area (Å²) in [5.41, 5.74) is 1.12. The highest BCUT2D eigenvalue weighted by Crippen LogP contribution is 2.35. The van der Waals surface area contributed by atoms with Gasteiger partial charge in [-0.05, 0) is 36.8 Å². The van der Waals surface area contributed by atoms with E-state index in [4.69, 9.17) is 0 Å². The van der Waals surface area contributed by atoms with Crippen LogP contribution in [0, 0.1) is 5.92 Å². The molecule has 2 rings (SSSR count). The lowest BCUT2D eigenvalue weighted by Crippen LogP contribution is -2.21. The van der Waals surface area contributed by atoms with Gasteiger partial charge in [-0.1, -0.05) is 24.3 Å². The average molecular weight is 211 g/mol. The van der Waals surface area contributed by atoms with Crippen LogP contribution >= 0.6 is 11.5 Å². The molecule has 0 saturated heterocycles. The van der Waals surface area contributed by atoms with Crippen molar-refractivity contribution < 1.29 is 0 Å². The third-order valence-electron chi connectivity index (χ3n) is 2.74. The Morgan fingerprint density at radius 1 is 1.64 bits per heavy atom. The van der Waals surface area contributed by atoms with Gasteiger partial charge in [0.25, 0.3) is 0 Å². The van der Waals surface area contributed by atoms with Crippen molar-refractivity contribution in [3.8, 4) is 0 Å². The molecule has 1 aromatic heterocycles. The van der Waals surface area contributed by atoms with Gasteiger partial charge in [-0.15, -0.1) is 5.10 Å². The number of aromatic nitrogens is 2. The summed E-state index contributed by atoms with van der Waals surface area (Å²) >= 11 is 1.44. The van der Waals surface area contributed by atoms with Crippen molar-refractivity contribution in [1.82, 2.24) is 14.9 Å². The summed E-state index contributed by atoms with van der Waals surface area (Å²) in [6, 6.07) is 0.430. The lowest BCUT2D eigenvalue weighted by atomic mass is 10.1. The summed E-state index contributed by atoms with van der Waals surface area (Å²) < 4.78 is 3.92. The predicted octanol–water partition coefficient (Wildman–Crippen LogP) is 2.38. The fraction of sp³-hybridized carbons (Fsp3) is 0.800. The lowest BCUT2D eigenvalue weighted by molar-refractivity contribution is 0.471. The van der Waals surface area contributed by atoms with Gasteiger partial charge in [-0.3, -0.25) is 0 Å². The minimum absolute atomic E-state index is 0.430. The van der Waals surface area contributed by atoms with Gasteiger partial charge in [0.15, 0.2) is 0 Å². The van der Waals surface area contributed by atoms with Crippen LogP contribution in [0.3, 0.4) is 0 Å². The van der Waals surface area contributed by atoms with E-state index in [9.17, 15) is 0 Å². The van der Waals surface area contributed by atoms with Crippen LogP contribution in [0.4, 0.5) is 0 Å². The van der Waals surface area contributed by atoms with Gasteiger partial charge >= 0.3 is 0 Å². The molecule has 1 heterocycles. The van der Waals surface area contributed by atoms with E-state index < -0.39 is 0 Å². The molecule has 3 nitrogen and oxygen atoms in total. The van der Waals surface area contributed by atoms with E-state index in [1.807, 2.05) is 0 Å². The molecule has 1 aliphatic carbocycles. The van der Waals surface area contributed by atoms with Crippen molar-refractivity contribution in [2.75, 3.05) is 6.54 Å². The number of rotatable bonds is 6. The first-order valence-corrected chi connectivity index (χ1v) is 6.24. The summed E-state index contributed by atoms with van der Waals surface area (Å²) in [4.78, 5) is 0. The number of hydrogen-bond acceptors (Lipinski definition) is 4. The SMILES string of the molecule is CCNC(CCC1CC1)c1csnn1. The molecule has 4 heteroatoms. The van der Waals surface area contributed by atoms with Crippen molar-refractivity contribution in [3.63, 3.8) is 0 Å². The Hall–Kier alpha value is -0.480. The molecule has 1 fully saturated rings. The van der Waals surface area contributed by atoms with E-state index >= 15 is 0 Å². The summed E-state index contributed by atoms with van der Waals surface area (Å²) in [5.74, 6) is 1.00. The number of hydrogen-bond donors (Lipinski definition) is 1. The zero-order chi connectivity index (χ0) is 9.80. The minimum atomic E-state index is 0.430. The minimum Gasteiger partial charge on any atom is -0.309 e. The monoisotopic (exact) mass is 211 g/mol. The Kier molecular flexibility index (Phi) is 3.48. The van der Waals surface area contributed by atoms with Gasteiger partial charge in [0.05, 0.1) is 11.7 Å². The van der Waals surface area contributed by atoms with Crippen LogP contribution in [0.5, 0.6) is 0 Å². The summed E-state index contributed by atoms with van der Waals surface area (Å²) in [5, 5.41) is 9.67. The third-order valence-corrected chi connectivity index (χ3v) is 3.27. The fourth-order valence-corrected chi connectivity index (χ4v) is 2.24. The second-order valence-electron chi connectivity index (χ2n) is 3.96. The van der Waals surface area contributed by atoms with E-state index in [-0.39, 0.29) is 0 Å². The molecule has 1 atom stereocenters. The number of nitrogens with one attached hydrogen (secondary N) is 1. The van der Waals surface area contributed by atoms with Crippen LogP contribution in [-0.2, 0) is 0 Å². The maximum absolute atomic E-state index is 4.14. The molecule has 0 aliphatic heterocycles. The highest BCUT2D eigenvalue weighted by molar-refractivity contribution is 7.03. The van der Waals surface area contributed by atoms with Gasteiger partial charge < -0.3 is 5.32 Å². The largest absolute Gasteiger partial charge is 0.309 e. The van der Waals surface area contributed by atoms with E-state index in [1.54, 1.807) is 0 Å². The van der Waals surface area contributed by atoms with Crippen LogP contribution < -0.4 is 5.32 Å². The first-order chi connectivity index (χ1) is 6.90. The van der Waals surface area contributed by atoms with Gasteiger partial charge in [-0.2, -0.15) is 0 Å². The molecule has 1 aliphatic rings. The Bertz CT molecular complexity index is 256. The van der Waals surface area contributed by atoms with Crippen molar-refractivity contribution in [2.45, 2.75) is 38.6 Å². The Morgan fingerprint density at radius 2 is 2.50 bits per heavy atom. The van der Waals surface area contributed by atoms with E-state index in [1.165, 1.54) is 37.2 Å². The van der Waals surface area contributed by atoms with E-state index in [0.717, 1.165) is 18.2 Å². The molecule has 14 heavy (non-hydrogen) atoms. The van der Waals surface area contributed by atoms with Crippen molar-refractivity contribution in [2.24, 2.45) is 5.92 Å². The molecule has 78 valence electrons. The molecule has 0 bridgehead atoms. The van der Waals surface area contributed by atoms with Gasteiger partial charge in [0.2, 0.25) is 0 Å². The van der Waals surface area contributed by atoms with Crippen LogP contribution in [-0.4, -0.2) is 16.1 Å². The predicted molar refractivity (Wildman–Crippen MR) is 58.3 cm³/mol. The van der Waals surface area contributed by atoms with Crippen molar-refractivity contribution >= 4 is 11.5 Å². The van der Waals surface area contributed by atoms with Crippen LogP contribution in [0.2, 0.25) is 0 Å². The van der Waals surface area contributed by atoms with Gasteiger partial charge in [0.1, 0.15) is 0 Å². The van der Waals surface area contributed by atoms with Crippen LogP contribution in [0.1, 0.15) is 44.3 Å². The standard InChI is InChI=1S/C10H17N3S/c1-2-11-9(6-5-8-3-4-8)10-7-14-13-12-10/h7-9,11H,2-6H2,1H3. The molecule has 1 saturated carbocycles. The highest BCUT2D eigenvalue weighted by atomic mass is 32.1. The molecule has 0 spiro atoms. The molecular weight excluding hydrogens is 194 g/mol. The van der Waals surface area contributed by atoms with E-state index in [2.05, 4.69) is 27.2 Å². The lowest BCUT2D eigenvalue weighted by Gasteiger charge is -2.14. The van der Waals surface area contributed by atoms with Crippen molar-refractivity contribution in [1.29, 1.82) is 0 Å². The smallest absolute Gasteiger partial charge is 0.0924 e. The van der Waals surface area contributed by atoms with Crippen molar-refractivity contribution in [3.05, 3.63) is 11.1 Å². The summed E-state index contributed by atoms with van der Waals surface area (Å²) in [6.45, 7) is 3.15. The van der Waals surface area contributed by atoms with Crippen LogP contribution in [0.15, 0.2) is 5.38 Å². The molecule has 0 amide bonds. The van der Waals surface area contributed by atoms with Gasteiger partial charge in [-0.25, -0.2) is 0 Å². The fourth-order valence-electron chi connectivity index (χ4n) is 1.73. The second kappa shape index (κ2) is 4.84. The molecular formula is C10H17N3S. The summed E-state index contributed by atoms with van der Waals surface area (Å²) in [6.07, 6.45) is 5.43. The maximum Gasteiger partial charge on any atom is 0.0924 e. The normalized spacial score (nSPS) is 18.4. The Balaban J connectivity index is 1.85. The zero-order valence-electron chi connectivity index (χ0n) is 8.57. The summed E-state index contributed by atoms with van der Waals surface area (Å²) in [7, 11) is 0. The van der Waals surface area contributed by atoms with Gasteiger partial charge in [0, 0.05) is 5.38 Å². The highest BCUT2D eigenvalue weighted by Gasteiger charge is 2.23. The Labute approximate surface area is 89.1 Å². The number of nitrogens with zero attached hydrogens (tertiary/aromatic N) is 2. The zero-order valence-corrected chi connectivity index (χ0v) is 9.39. The third kappa shape index (κ3) is 2.75. The first-order valence-electron chi connectivity index (χ1n) is 5.40. The Morgan fingerprint density at radius 3 is 3.07 bits per heavy atom. The maximum atomic E-state index is 4.14.